The van der Waals surface area contributed by atoms with Crippen LogP contribution < -0.4 is 4.74 Å². The molecule has 0 atom stereocenters. The lowest BCUT2D eigenvalue weighted by atomic mass is 9.99. The standard InChI is InChI=1S/C15H12F2O2/c1-9-7-11(16)4-5-12(9)15(18)10-3-6-13(17)14(8-10)19-2/h3-8H,1-2H3. The average Bonchev–Trinajstić information content (AvgIpc) is 2.38. The van der Waals surface area contributed by atoms with Gasteiger partial charge in [-0.05, 0) is 48.9 Å². The van der Waals surface area contributed by atoms with Crippen molar-refractivity contribution in [2.45, 2.75) is 6.92 Å². The minimum absolute atomic E-state index is 0.00520. The molecule has 0 saturated heterocycles. The molecule has 0 amide bonds. The number of carbonyl (C=O) groups excluding carboxylic acids is 1. The number of hydrogen-bond acceptors (Lipinski definition) is 2. The van der Waals surface area contributed by atoms with Crippen LogP contribution in [0.2, 0.25) is 0 Å². The summed E-state index contributed by atoms with van der Waals surface area (Å²) in [6, 6.07) is 7.81. The molecule has 4 heteroatoms. The number of methoxy groups -OCH3 is 1. The number of hydrogen-bond donors (Lipinski definition) is 0. The number of aryl methyl sites for hydroxylation is 1. The van der Waals surface area contributed by atoms with E-state index in [1.54, 1.807) is 6.92 Å². The van der Waals surface area contributed by atoms with E-state index in [0.29, 0.717) is 16.7 Å². The Hall–Kier alpha value is -2.23. The first-order valence-electron chi connectivity index (χ1n) is 5.67. The van der Waals surface area contributed by atoms with Crippen LogP contribution >= 0.6 is 0 Å². The van der Waals surface area contributed by atoms with Gasteiger partial charge in [-0.1, -0.05) is 0 Å². The third kappa shape index (κ3) is 2.62. The van der Waals surface area contributed by atoms with Gasteiger partial charge >= 0.3 is 0 Å². The largest absolute Gasteiger partial charge is 0.494 e. The maximum Gasteiger partial charge on any atom is 0.193 e. The normalized spacial score (nSPS) is 10.3. The molecular weight excluding hydrogens is 250 g/mol. The van der Waals surface area contributed by atoms with E-state index in [0.717, 1.165) is 0 Å². The van der Waals surface area contributed by atoms with E-state index in [1.807, 2.05) is 0 Å². The summed E-state index contributed by atoms with van der Waals surface area (Å²) < 4.78 is 31.1. The van der Waals surface area contributed by atoms with Gasteiger partial charge in [-0.3, -0.25) is 4.79 Å². The van der Waals surface area contributed by atoms with Crippen LogP contribution in [0.4, 0.5) is 8.78 Å². The van der Waals surface area contributed by atoms with Crippen molar-refractivity contribution in [1.29, 1.82) is 0 Å². The number of ether oxygens (including phenoxy) is 1. The molecule has 0 aliphatic heterocycles. The molecule has 0 unspecified atom stereocenters. The average molecular weight is 262 g/mol. The lowest BCUT2D eigenvalue weighted by Gasteiger charge is -2.07. The summed E-state index contributed by atoms with van der Waals surface area (Å²) in [5.41, 5.74) is 1.22. The van der Waals surface area contributed by atoms with Crippen LogP contribution in [0.25, 0.3) is 0 Å². The summed E-state index contributed by atoms with van der Waals surface area (Å²) in [4.78, 5) is 12.3. The van der Waals surface area contributed by atoms with Gasteiger partial charge in [0.15, 0.2) is 17.3 Å². The summed E-state index contributed by atoms with van der Waals surface area (Å²) >= 11 is 0. The van der Waals surface area contributed by atoms with E-state index in [9.17, 15) is 13.6 Å². The number of benzene rings is 2. The van der Waals surface area contributed by atoms with Crippen LogP contribution in [-0.4, -0.2) is 12.9 Å². The molecule has 0 spiro atoms. The van der Waals surface area contributed by atoms with Crippen molar-refractivity contribution < 1.29 is 18.3 Å². The van der Waals surface area contributed by atoms with E-state index in [4.69, 9.17) is 4.74 Å². The molecule has 0 aliphatic carbocycles. The molecule has 0 aliphatic rings. The Morgan fingerprint density at radius 1 is 1.11 bits per heavy atom. The van der Waals surface area contributed by atoms with E-state index in [-0.39, 0.29) is 11.5 Å². The third-order valence-electron chi connectivity index (χ3n) is 2.85. The van der Waals surface area contributed by atoms with E-state index < -0.39 is 11.6 Å². The van der Waals surface area contributed by atoms with Gasteiger partial charge in [0, 0.05) is 11.1 Å². The van der Waals surface area contributed by atoms with Gasteiger partial charge in [-0.25, -0.2) is 8.78 Å². The number of ketones is 1. The molecule has 0 aromatic heterocycles. The molecule has 0 N–H and O–H groups in total. The van der Waals surface area contributed by atoms with Crippen molar-refractivity contribution >= 4 is 5.78 Å². The fraction of sp³-hybridized carbons (Fsp3) is 0.133. The van der Waals surface area contributed by atoms with Crippen LogP contribution in [0.15, 0.2) is 36.4 Å². The molecule has 0 fully saturated rings. The van der Waals surface area contributed by atoms with Crippen molar-refractivity contribution in [2.24, 2.45) is 0 Å². The van der Waals surface area contributed by atoms with Crippen LogP contribution in [0.5, 0.6) is 5.75 Å². The van der Waals surface area contributed by atoms with E-state index in [1.165, 1.54) is 43.5 Å². The predicted octanol–water partition coefficient (Wildman–Crippen LogP) is 3.51. The number of carbonyl (C=O) groups is 1. The Kier molecular flexibility index (Phi) is 3.60. The molecule has 2 aromatic rings. The first-order chi connectivity index (χ1) is 9.02. The Balaban J connectivity index is 2.44. The van der Waals surface area contributed by atoms with Crippen LogP contribution in [0.3, 0.4) is 0 Å². The zero-order valence-electron chi connectivity index (χ0n) is 10.5. The molecule has 2 nitrogen and oxygen atoms in total. The van der Waals surface area contributed by atoms with Crippen LogP contribution in [0, 0.1) is 18.6 Å². The monoisotopic (exact) mass is 262 g/mol. The zero-order valence-corrected chi connectivity index (χ0v) is 10.5. The van der Waals surface area contributed by atoms with Crippen LogP contribution in [-0.2, 0) is 0 Å². The van der Waals surface area contributed by atoms with Gasteiger partial charge in [0.25, 0.3) is 0 Å². The summed E-state index contributed by atoms with van der Waals surface area (Å²) in [7, 11) is 1.33. The summed E-state index contributed by atoms with van der Waals surface area (Å²) in [5, 5.41) is 0. The molecule has 2 rings (SSSR count). The highest BCUT2D eigenvalue weighted by molar-refractivity contribution is 6.10. The highest BCUT2D eigenvalue weighted by Crippen LogP contribution is 2.21. The smallest absolute Gasteiger partial charge is 0.193 e. The van der Waals surface area contributed by atoms with E-state index in [2.05, 4.69) is 0 Å². The second kappa shape index (κ2) is 5.18. The molecular formula is C15H12F2O2. The second-order valence-corrected chi connectivity index (χ2v) is 4.14. The fourth-order valence-corrected chi connectivity index (χ4v) is 1.84. The fourth-order valence-electron chi connectivity index (χ4n) is 1.84. The van der Waals surface area contributed by atoms with Gasteiger partial charge in [-0.15, -0.1) is 0 Å². The molecule has 0 saturated carbocycles. The molecule has 0 heterocycles. The topological polar surface area (TPSA) is 26.3 Å². The highest BCUT2D eigenvalue weighted by Gasteiger charge is 2.14. The first-order valence-corrected chi connectivity index (χ1v) is 5.67. The van der Waals surface area contributed by atoms with Crippen molar-refractivity contribution in [1.82, 2.24) is 0 Å². The quantitative estimate of drug-likeness (QED) is 0.791. The Morgan fingerprint density at radius 2 is 1.84 bits per heavy atom. The third-order valence-corrected chi connectivity index (χ3v) is 2.85. The van der Waals surface area contributed by atoms with Gasteiger partial charge in [0.2, 0.25) is 0 Å². The SMILES string of the molecule is COc1cc(C(=O)c2ccc(F)cc2C)ccc1F. The van der Waals surface area contributed by atoms with E-state index >= 15 is 0 Å². The van der Waals surface area contributed by atoms with Crippen molar-refractivity contribution in [3.05, 3.63) is 64.7 Å². The summed E-state index contributed by atoms with van der Waals surface area (Å²) in [6.45, 7) is 1.65. The summed E-state index contributed by atoms with van der Waals surface area (Å²) in [5.74, 6) is -1.22. The summed E-state index contributed by atoms with van der Waals surface area (Å²) in [6.07, 6.45) is 0. The lowest BCUT2D eigenvalue weighted by Crippen LogP contribution is -2.05. The zero-order chi connectivity index (χ0) is 14.0. The maximum atomic E-state index is 13.3. The number of halogens is 2. The Labute approximate surface area is 109 Å². The van der Waals surface area contributed by atoms with Gasteiger partial charge in [-0.2, -0.15) is 0 Å². The first kappa shape index (κ1) is 13.2. The second-order valence-electron chi connectivity index (χ2n) is 4.14. The van der Waals surface area contributed by atoms with Crippen molar-refractivity contribution in [3.8, 4) is 5.75 Å². The molecule has 19 heavy (non-hydrogen) atoms. The minimum Gasteiger partial charge on any atom is -0.494 e. The minimum atomic E-state index is -0.533. The van der Waals surface area contributed by atoms with Crippen molar-refractivity contribution in [3.63, 3.8) is 0 Å². The maximum absolute atomic E-state index is 13.3. The Morgan fingerprint density at radius 3 is 2.47 bits per heavy atom. The van der Waals surface area contributed by atoms with Crippen molar-refractivity contribution in [2.75, 3.05) is 7.11 Å². The molecule has 0 bridgehead atoms. The highest BCUT2D eigenvalue weighted by atomic mass is 19.1. The van der Waals surface area contributed by atoms with Crippen LogP contribution in [0.1, 0.15) is 21.5 Å². The molecule has 98 valence electrons. The van der Waals surface area contributed by atoms with Gasteiger partial charge in [0.05, 0.1) is 7.11 Å². The predicted molar refractivity (Wildman–Crippen MR) is 67.5 cm³/mol. The van der Waals surface area contributed by atoms with Gasteiger partial charge < -0.3 is 4.74 Å². The number of rotatable bonds is 3. The molecule has 0 radical (unpaired) electrons. The Bertz CT molecular complexity index is 636. The van der Waals surface area contributed by atoms with Gasteiger partial charge in [0.1, 0.15) is 5.82 Å². The lowest BCUT2D eigenvalue weighted by molar-refractivity contribution is 0.103. The molecule has 2 aromatic carbocycles.